The van der Waals surface area contributed by atoms with Gasteiger partial charge in [-0.1, -0.05) is 51.2 Å². The number of aliphatic hydroxyl groups excluding tert-OH is 1. The highest BCUT2D eigenvalue weighted by Gasteiger charge is 2.32. The van der Waals surface area contributed by atoms with Crippen LogP contribution in [-0.4, -0.2) is 35.4 Å². The first-order chi connectivity index (χ1) is 13.5. The Morgan fingerprint density at radius 1 is 1.14 bits per heavy atom. The Kier molecular flexibility index (Phi) is 12.7. The van der Waals surface area contributed by atoms with Crippen molar-refractivity contribution in [3.05, 3.63) is 12.2 Å². The van der Waals surface area contributed by atoms with E-state index in [-0.39, 0.29) is 18.9 Å². The summed E-state index contributed by atoms with van der Waals surface area (Å²) in [5, 5.41) is 9.59. The lowest BCUT2D eigenvalue weighted by molar-refractivity contribution is -0.157. The molecule has 160 valence electrons. The fourth-order valence-electron chi connectivity index (χ4n) is 3.83. The number of carbonyl (C=O) groups excluding carboxylic acids is 3. The first-order valence-corrected chi connectivity index (χ1v) is 11.1. The number of esters is 1. The monoisotopic (exact) mass is 394 g/mol. The van der Waals surface area contributed by atoms with Crippen molar-refractivity contribution in [2.75, 3.05) is 6.61 Å². The van der Waals surface area contributed by atoms with Crippen LogP contribution in [-0.2, 0) is 19.1 Å². The van der Waals surface area contributed by atoms with Gasteiger partial charge in [-0.15, -0.1) is 0 Å². The van der Waals surface area contributed by atoms with Gasteiger partial charge in [0.1, 0.15) is 5.78 Å². The summed E-state index contributed by atoms with van der Waals surface area (Å²) >= 11 is 0. The van der Waals surface area contributed by atoms with Crippen molar-refractivity contribution in [3.8, 4) is 0 Å². The van der Waals surface area contributed by atoms with Crippen molar-refractivity contribution in [1.82, 2.24) is 0 Å². The number of allylic oxidation sites excluding steroid dienone is 2. The zero-order valence-electron chi connectivity index (χ0n) is 17.7. The molecule has 0 amide bonds. The van der Waals surface area contributed by atoms with Gasteiger partial charge in [0.15, 0.2) is 5.78 Å². The molecule has 1 unspecified atom stereocenters. The molecular weight excluding hydrogens is 356 g/mol. The third kappa shape index (κ3) is 9.13. The van der Waals surface area contributed by atoms with Crippen LogP contribution in [0.3, 0.4) is 0 Å². The highest BCUT2D eigenvalue weighted by molar-refractivity contribution is 6.01. The van der Waals surface area contributed by atoms with Crippen LogP contribution < -0.4 is 0 Å². The van der Waals surface area contributed by atoms with E-state index in [4.69, 9.17) is 0 Å². The van der Waals surface area contributed by atoms with Gasteiger partial charge in [0.2, 0.25) is 6.10 Å². The van der Waals surface area contributed by atoms with Gasteiger partial charge in [0, 0.05) is 18.8 Å². The number of ketones is 2. The number of hydrogen-bond acceptors (Lipinski definition) is 5. The van der Waals surface area contributed by atoms with Crippen LogP contribution in [0.1, 0.15) is 90.9 Å². The van der Waals surface area contributed by atoms with E-state index in [9.17, 15) is 19.5 Å². The van der Waals surface area contributed by atoms with Crippen molar-refractivity contribution < 1.29 is 24.2 Å². The van der Waals surface area contributed by atoms with Gasteiger partial charge in [0.05, 0.1) is 6.61 Å². The summed E-state index contributed by atoms with van der Waals surface area (Å²) in [6.45, 7) is 3.99. The predicted octanol–water partition coefficient (Wildman–Crippen LogP) is 4.55. The summed E-state index contributed by atoms with van der Waals surface area (Å²) < 4.78 is 4.65. The number of unbranched alkanes of at least 4 members (excludes halogenated alkanes) is 6. The van der Waals surface area contributed by atoms with E-state index in [1.165, 1.54) is 25.7 Å². The van der Waals surface area contributed by atoms with Crippen LogP contribution in [0.2, 0.25) is 0 Å². The fourth-order valence-corrected chi connectivity index (χ4v) is 3.83. The van der Waals surface area contributed by atoms with Gasteiger partial charge >= 0.3 is 5.97 Å². The minimum Gasteiger partial charge on any atom is -0.464 e. The largest absolute Gasteiger partial charge is 0.464 e. The van der Waals surface area contributed by atoms with E-state index < -0.39 is 17.9 Å². The molecule has 3 atom stereocenters. The van der Waals surface area contributed by atoms with Crippen molar-refractivity contribution in [3.63, 3.8) is 0 Å². The lowest BCUT2D eigenvalue weighted by Crippen LogP contribution is -2.31. The van der Waals surface area contributed by atoms with Crippen LogP contribution in [0.4, 0.5) is 0 Å². The zero-order chi connectivity index (χ0) is 20.8. The Morgan fingerprint density at radius 2 is 1.89 bits per heavy atom. The van der Waals surface area contributed by atoms with Gasteiger partial charge in [-0.05, 0) is 44.9 Å². The minimum atomic E-state index is -1.66. The standard InChI is InChI=1S/C23H38O5/c1-3-5-6-7-8-10-13-18-16-17-20(24)19(18)14-11-9-12-15-21(25)22(26)23(27)28-4-2/h10,13,18-19,22,26H,3-9,11-12,14-17H2,1-2H3/t18-,19+,22?/m0/s1. The average Bonchev–Trinajstić information content (AvgIpc) is 3.03. The smallest absolute Gasteiger partial charge is 0.342 e. The lowest BCUT2D eigenvalue weighted by atomic mass is 9.89. The second-order valence-corrected chi connectivity index (χ2v) is 7.77. The Morgan fingerprint density at radius 3 is 2.61 bits per heavy atom. The van der Waals surface area contributed by atoms with Crippen LogP contribution >= 0.6 is 0 Å². The number of hydrogen-bond donors (Lipinski definition) is 1. The van der Waals surface area contributed by atoms with E-state index >= 15 is 0 Å². The summed E-state index contributed by atoms with van der Waals surface area (Å²) in [5.41, 5.74) is 0. The molecule has 0 spiro atoms. The second-order valence-electron chi connectivity index (χ2n) is 7.77. The SMILES string of the molecule is CCCCCCC=C[C@H]1CCC(=O)[C@@H]1CCCCCC(=O)C(O)C(=O)OCC. The van der Waals surface area contributed by atoms with Crippen molar-refractivity contribution in [2.45, 2.75) is 97.0 Å². The highest BCUT2D eigenvalue weighted by Crippen LogP contribution is 2.34. The molecule has 5 heteroatoms. The second kappa shape index (κ2) is 14.5. The first-order valence-electron chi connectivity index (χ1n) is 11.1. The van der Waals surface area contributed by atoms with Crippen LogP contribution in [0, 0.1) is 11.8 Å². The zero-order valence-corrected chi connectivity index (χ0v) is 17.7. The fraction of sp³-hybridized carbons (Fsp3) is 0.783. The maximum absolute atomic E-state index is 12.2. The molecule has 0 bridgehead atoms. The summed E-state index contributed by atoms with van der Waals surface area (Å²) in [4.78, 5) is 35.3. The molecule has 0 aromatic carbocycles. The molecule has 5 nitrogen and oxygen atoms in total. The number of rotatable bonds is 15. The Labute approximate surface area is 169 Å². The molecule has 0 aromatic heterocycles. The molecule has 1 rings (SSSR count). The molecule has 1 aliphatic rings. The quantitative estimate of drug-likeness (QED) is 0.191. The summed E-state index contributed by atoms with van der Waals surface area (Å²) in [6.07, 6.45) is 14.0. The molecule has 0 aliphatic heterocycles. The average molecular weight is 395 g/mol. The van der Waals surface area contributed by atoms with Crippen LogP contribution in [0.15, 0.2) is 12.2 Å². The van der Waals surface area contributed by atoms with Gasteiger partial charge in [-0.2, -0.15) is 0 Å². The Hall–Kier alpha value is -1.49. The van der Waals surface area contributed by atoms with Crippen molar-refractivity contribution in [2.24, 2.45) is 11.8 Å². The molecule has 0 heterocycles. The van der Waals surface area contributed by atoms with E-state index in [1.807, 2.05) is 0 Å². The molecule has 1 fully saturated rings. The number of ether oxygens (including phenoxy) is 1. The maximum atomic E-state index is 12.2. The Bertz CT molecular complexity index is 511. The molecular formula is C23H38O5. The molecule has 28 heavy (non-hydrogen) atoms. The topological polar surface area (TPSA) is 80.7 Å². The highest BCUT2D eigenvalue weighted by atomic mass is 16.5. The van der Waals surface area contributed by atoms with E-state index in [0.29, 0.717) is 24.5 Å². The van der Waals surface area contributed by atoms with E-state index in [2.05, 4.69) is 23.8 Å². The minimum absolute atomic E-state index is 0.118. The molecule has 0 saturated heterocycles. The molecule has 0 aromatic rings. The third-order valence-corrected chi connectivity index (χ3v) is 5.52. The summed E-state index contributed by atoms with van der Waals surface area (Å²) in [7, 11) is 0. The first kappa shape index (κ1) is 24.5. The maximum Gasteiger partial charge on any atom is 0.342 e. The van der Waals surface area contributed by atoms with Gasteiger partial charge < -0.3 is 9.84 Å². The lowest BCUT2D eigenvalue weighted by Gasteiger charge is -2.15. The number of aliphatic hydroxyl groups is 1. The normalized spacial score (nSPS) is 20.6. The van der Waals surface area contributed by atoms with Gasteiger partial charge in [-0.3, -0.25) is 9.59 Å². The third-order valence-electron chi connectivity index (χ3n) is 5.52. The van der Waals surface area contributed by atoms with E-state index in [1.54, 1.807) is 6.92 Å². The predicted molar refractivity (Wildman–Crippen MR) is 110 cm³/mol. The van der Waals surface area contributed by atoms with Gasteiger partial charge in [0.25, 0.3) is 0 Å². The Balaban J connectivity index is 2.25. The van der Waals surface area contributed by atoms with E-state index in [0.717, 1.165) is 32.1 Å². The molecule has 1 saturated carbocycles. The van der Waals surface area contributed by atoms with Crippen LogP contribution in [0.25, 0.3) is 0 Å². The van der Waals surface area contributed by atoms with Gasteiger partial charge in [-0.25, -0.2) is 4.79 Å². The summed E-state index contributed by atoms with van der Waals surface area (Å²) in [5.74, 6) is -0.499. The molecule has 0 radical (unpaired) electrons. The van der Waals surface area contributed by atoms with Crippen molar-refractivity contribution in [1.29, 1.82) is 0 Å². The number of carbonyl (C=O) groups is 3. The molecule has 1 N–H and O–H groups in total. The number of Topliss-reactive ketones (excluding diaryl/α,β-unsaturated/α-hetero) is 2. The van der Waals surface area contributed by atoms with Crippen molar-refractivity contribution >= 4 is 17.5 Å². The van der Waals surface area contributed by atoms with Crippen LogP contribution in [0.5, 0.6) is 0 Å². The summed E-state index contributed by atoms with van der Waals surface area (Å²) in [6, 6.07) is 0. The molecule has 1 aliphatic carbocycles.